The first-order chi connectivity index (χ1) is 20.4. The summed E-state index contributed by atoms with van der Waals surface area (Å²) in [6.07, 6.45) is 6.49. The van der Waals surface area contributed by atoms with Crippen LogP contribution in [0.25, 0.3) is 0 Å². The Bertz CT molecular complexity index is 1460. The van der Waals surface area contributed by atoms with Gasteiger partial charge in [0.1, 0.15) is 5.75 Å². The number of amides is 3. The molecule has 1 aliphatic carbocycles. The topological polar surface area (TPSA) is 144 Å². The molecule has 1 saturated carbocycles. The summed E-state index contributed by atoms with van der Waals surface area (Å²) in [5, 5.41) is 9.31. The van der Waals surface area contributed by atoms with Gasteiger partial charge in [-0.3, -0.25) is 14.4 Å². The lowest BCUT2D eigenvalue weighted by molar-refractivity contribution is -0.136. The highest BCUT2D eigenvalue weighted by Gasteiger charge is 2.21. The van der Waals surface area contributed by atoms with Crippen LogP contribution in [0.15, 0.2) is 71.8 Å². The second-order valence-corrected chi connectivity index (χ2v) is 9.54. The molecule has 218 valence electrons. The minimum atomic E-state index is -1.01. The van der Waals surface area contributed by atoms with Gasteiger partial charge in [-0.15, -0.1) is 0 Å². The van der Waals surface area contributed by atoms with E-state index >= 15 is 0 Å². The lowest BCUT2D eigenvalue weighted by Gasteiger charge is -2.23. The number of esters is 1. The van der Waals surface area contributed by atoms with Crippen molar-refractivity contribution in [3.05, 3.63) is 83.4 Å². The van der Waals surface area contributed by atoms with Gasteiger partial charge in [-0.1, -0.05) is 31.4 Å². The first-order valence-corrected chi connectivity index (χ1v) is 13.5. The van der Waals surface area contributed by atoms with Crippen molar-refractivity contribution < 1.29 is 33.4 Å². The number of nitrogens with one attached hydrogen (secondary N) is 3. The van der Waals surface area contributed by atoms with Crippen molar-refractivity contribution in [3.63, 3.8) is 0 Å². The smallest absolute Gasteiger partial charge is 0.343 e. The molecule has 1 fully saturated rings. The first kappa shape index (κ1) is 29.8. The number of benzene rings is 3. The maximum absolute atomic E-state index is 12.8. The van der Waals surface area contributed by atoms with Gasteiger partial charge in [-0.2, -0.15) is 5.10 Å². The van der Waals surface area contributed by atoms with Crippen LogP contribution in [-0.2, 0) is 9.59 Å². The standard InChI is InChI=1S/C31H32N4O7/c1-40-26-17-14-21(18-27(26)41-2)31(39)42-23-15-12-20(13-16-23)19-32-35-30(38)29(37)34-25-11-7-6-10-24(25)28(36)33-22-8-4-3-5-9-22/h6-7,10-19,22H,3-5,8-9H2,1-2H3,(H,33,36)(H,34,37)(H,35,38)/b32-19-. The number of carbonyl (C=O) groups excluding carboxylic acids is 4. The van der Waals surface area contributed by atoms with E-state index in [9.17, 15) is 19.2 Å². The molecule has 0 unspecified atom stereocenters. The number of rotatable bonds is 9. The fourth-order valence-electron chi connectivity index (χ4n) is 4.45. The average molecular weight is 573 g/mol. The number of anilines is 1. The molecule has 0 heterocycles. The number of ether oxygens (including phenoxy) is 3. The molecule has 1 aliphatic rings. The SMILES string of the molecule is COc1ccc(C(=O)Oc2ccc(/C=N\NC(=O)C(=O)Nc3ccccc3C(=O)NC3CCCCC3)cc2)cc1OC. The predicted molar refractivity (Wildman–Crippen MR) is 156 cm³/mol. The van der Waals surface area contributed by atoms with Gasteiger partial charge in [0.2, 0.25) is 0 Å². The number of carbonyl (C=O) groups is 4. The molecule has 0 aromatic heterocycles. The molecule has 3 N–H and O–H groups in total. The van der Waals surface area contributed by atoms with Crippen molar-refractivity contribution in [3.8, 4) is 17.2 Å². The summed E-state index contributed by atoms with van der Waals surface area (Å²) in [6, 6.07) is 17.7. The van der Waals surface area contributed by atoms with Crippen LogP contribution in [0, 0.1) is 0 Å². The fourth-order valence-corrected chi connectivity index (χ4v) is 4.45. The largest absolute Gasteiger partial charge is 0.493 e. The van der Waals surface area contributed by atoms with E-state index in [1.54, 1.807) is 60.7 Å². The van der Waals surface area contributed by atoms with E-state index in [2.05, 4.69) is 21.2 Å². The zero-order chi connectivity index (χ0) is 29.9. The van der Waals surface area contributed by atoms with E-state index in [0.29, 0.717) is 22.8 Å². The number of para-hydroxylation sites is 1. The summed E-state index contributed by atoms with van der Waals surface area (Å²) in [5.41, 5.74) is 3.53. The highest BCUT2D eigenvalue weighted by molar-refractivity contribution is 6.40. The van der Waals surface area contributed by atoms with Crippen molar-refractivity contribution in [2.45, 2.75) is 38.1 Å². The zero-order valence-electron chi connectivity index (χ0n) is 23.3. The second kappa shape index (κ2) is 14.4. The van der Waals surface area contributed by atoms with E-state index in [4.69, 9.17) is 14.2 Å². The van der Waals surface area contributed by atoms with Gasteiger partial charge in [-0.05, 0) is 73.0 Å². The molecule has 3 aromatic rings. The van der Waals surface area contributed by atoms with E-state index in [0.717, 1.165) is 25.7 Å². The number of methoxy groups -OCH3 is 2. The summed E-state index contributed by atoms with van der Waals surface area (Å²) >= 11 is 0. The van der Waals surface area contributed by atoms with Gasteiger partial charge < -0.3 is 24.8 Å². The molecule has 0 aliphatic heterocycles. The van der Waals surface area contributed by atoms with Gasteiger partial charge in [0, 0.05) is 6.04 Å². The van der Waals surface area contributed by atoms with Crippen LogP contribution in [0.5, 0.6) is 17.2 Å². The molecule has 11 nitrogen and oxygen atoms in total. The van der Waals surface area contributed by atoms with Crippen LogP contribution >= 0.6 is 0 Å². The van der Waals surface area contributed by atoms with Crippen molar-refractivity contribution in [2.24, 2.45) is 5.10 Å². The number of nitrogens with zero attached hydrogens (tertiary/aromatic N) is 1. The minimum absolute atomic E-state index is 0.103. The Balaban J connectivity index is 1.29. The van der Waals surface area contributed by atoms with Gasteiger partial charge in [0.25, 0.3) is 5.91 Å². The molecule has 11 heteroatoms. The highest BCUT2D eigenvalue weighted by atomic mass is 16.5. The fraction of sp³-hybridized carbons (Fsp3) is 0.258. The van der Waals surface area contributed by atoms with E-state index in [-0.39, 0.29) is 28.8 Å². The Hall–Kier alpha value is -5.19. The molecule has 3 aromatic carbocycles. The van der Waals surface area contributed by atoms with Crippen molar-refractivity contribution in [2.75, 3.05) is 19.5 Å². The van der Waals surface area contributed by atoms with Crippen LogP contribution in [0.1, 0.15) is 58.4 Å². The van der Waals surface area contributed by atoms with Crippen molar-refractivity contribution >= 4 is 35.6 Å². The Morgan fingerprint density at radius 1 is 0.833 bits per heavy atom. The molecule has 42 heavy (non-hydrogen) atoms. The lowest BCUT2D eigenvalue weighted by Crippen LogP contribution is -2.37. The Labute approximate surface area is 243 Å². The highest BCUT2D eigenvalue weighted by Crippen LogP contribution is 2.28. The summed E-state index contributed by atoms with van der Waals surface area (Å²) < 4.78 is 15.8. The summed E-state index contributed by atoms with van der Waals surface area (Å²) in [4.78, 5) is 50.1. The van der Waals surface area contributed by atoms with Crippen LogP contribution in [0.2, 0.25) is 0 Å². The normalized spacial score (nSPS) is 13.2. The van der Waals surface area contributed by atoms with Crippen molar-refractivity contribution in [1.29, 1.82) is 0 Å². The molecule has 0 atom stereocenters. The molecular weight excluding hydrogens is 540 g/mol. The molecule has 0 bridgehead atoms. The van der Waals surface area contributed by atoms with Gasteiger partial charge >= 0.3 is 17.8 Å². The molecular formula is C31H32N4O7. The molecule has 3 amide bonds. The van der Waals surface area contributed by atoms with Crippen LogP contribution in [0.3, 0.4) is 0 Å². The summed E-state index contributed by atoms with van der Waals surface area (Å²) in [5.74, 6) is -1.67. The molecule has 0 saturated heterocycles. The second-order valence-electron chi connectivity index (χ2n) is 9.54. The lowest BCUT2D eigenvalue weighted by atomic mass is 9.95. The maximum Gasteiger partial charge on any atom is 0.343 e. The quantitative estimate of drug-likeness (QED) is 0.115. The monoisotopic (exact) mass is 572 g/mol. The third-order valence-electron chi connectivity index (χ3n) is 6.66. The third-order valence-corrected chi connectivity index (χ3v) is 6.66. The van der Waals surface area contributed by atoms with Gasteiger partial charge in [0.15, 0.2) is 11.5 Å². The number of hydrazone groups is 1. The van der Waals surface area contributed by atoms with Crippen LogP contribution in [-0.4, -0.2) is 50.2 Å². The predicted octanol–water partition coefficient (Wildman–Crippen LogP) is 4.07. The summed E-state index contributed by atoms with van der Waals surface area (Å²) in [6.45, 7) is 0. The number of hydrogen-bond donors (Lipinski definition) is 3. The molecule has 0 radical (unpaired) electrons. The average Bonchev–Trinajstić information content (AvgIpc) is 3.02. The summed E-state index contributed by atoms with van der Waals surface area (Å²) in [7, 11) is 2.97. The number of hydrogen-bond acceptors (Lipinski definition) is 8. The maximum atomic E-state index is 12.8. The van der Waals surface area contributed by atoms with E-state index in [1.165, 1.54) is 32.9 Å². The van der Waals surface area contributed by atoms with Crippen molar-refractivity contribution in [1.82, 2.24) is 10.7 Å². The zero-order valence-corrected chi connectivity index (χ0v) is 23.3. The first-order valence-electron chi connectivity index (χ1n) is 13.5. The van der Waals surface area contributed by atoms with Gasteiger partial charge in [0.05, 0.1) is 37.2 Å². The van der Waals surface area contributed by atoms with Gasteiger partial charge in [-0.25, -0.2) is 10.2 Å². The molecule has 4 rings (SSSR count). The Kier molecular flexibility index (Phi) is 10.2. The Morgan fingerprint density at radius 3 is 2.26 bits per heavy atom. The minimum Gasteiger partial charge on any atom is -0.493 e. The van der Waals surface area contributed by atoms with Crippen LogP contribution < -0.4 is 30.3 Å². The Morgan fingerprint density at radius 2 is 1.55 bits per heavy atom. The third kappa shape index (κ3) is 7.94. The molecule has 0 spiro atoms. The van der Waals surface area contributed by atoms with E-state index in [1.807, 2.05) is 0 Å². The van der Waals surface area contributed by atoms with E-state index < -0.39 is 17.8 Å². The van der Waals surface area contributed by atoms with Crippen LogP contribution in [0.4, 0.5) is 5.69 Å².